The Kier molecular flexibility index (Phi) is 3.08. The van der Waals surface area contributed by atoms with Gasteiger partial charge in [-0.1, -0.05) is 0 Å². The minimum Gasteiger partial charge on any atom is -0.369 e. The van der Waals surface area contributed by atoms with Gasteiger partial charge in [-0.05, 0) is 43.7 Å². The van der Waals surface area contributed by atoms with Gasteiger partial charge in [0, 0.05) is 42.0 Å². The number of pyridine rings is 1. The Labute approximate surface area is 128 Å². The average Bonchev–Trinajstić information content (AvgIpc) is 3.22. The van der Waals surface area contributed by atoms with E-state index in [0.29, 0.717) is 11.3 Å². The molecular formula is C17H19F2N3. The quantitative estimate of drug-likeness (QED) is 0.927. The number of benzene rings is 1. The maximum atomic E-state index is 14.0. The van der Waals surface area contributed by atoms with Crippen molar-refractivity contribution < 1.29 is 8.78 Å². The van der Waals surface area contributed by atoms with Gasteiger partial charge in [0.2, 0.25) is 0 Å². The number of aryl methyl sites for hydroxylation is 1. The maximum Gasteiger partial charge on any atom is 0.152 e. The van der Waals surface area contributed by atoms with E-state index in [1.54, 1.807) is 0 Å². The van der Waals surface area contributed by atoms with Gasteiger partial charge in [0.1, 0.15) is 11.3 Å². The fourth-order valence-corrected chi connectivity index (χ4v) is 3.69. The van der Waals surface area contributed by atoms with Crippen LogP contribution in [0.1, 0.15) is 18.5 Å². The first-order chi connectivity index (χ1) is 10.5. The number of halogens is 2. The molecule has 3 nitrogen and oxygen atoms in total. The third kappa shape index (κ3) is 2.24. The Hall–Kier alpha value is -1.75. The van der Waals surface area contributed by atoms with E-state index in [2.05, 4.69) is 9.88 Å². The molecule has 1 aromatic carbocycles. The van der Waals surface area contributed by atoms with Crippen LogP contribution in [0.3, 0.4) is 0 Å². The second-order valence-corrected chi connectivity index (χ2v) is 6.64. The van der Waals surface area contributed by atoms with Crippen molar-refractivity contribution in [3.63, 3.8) is 0 Å². The van der Waals surface area contributed by atoms with Crippen LogP contribution in [0.25, 0.3) is 10.9 Å². The van der Waals surface area contributed by atoms with Crippen LogP contribution in [0.4, 0.5) is 14.5 Å². The van der Waals surface area contributed by atoms with Crippen molar-refractivity contribution in [3.8, 4) is 0 Å². The maximum absolute atomic E-state index is 14.0. The van der Waals surface area contributed by atoms with Crippen molar-refractivity contribution in [3.05, 3.63) is 35.5 Å². The number of aromatic nitrogens is 1. The highest BCUT2D eigenvalue weighted by Gasteiger charge is 2.41. The summed E-state index contributed by atoms with van der Waals surface area (Å²) >= 11 is 0. The molecule has 0 bridgehead atoms. The lowest BCUT2D eigenvalue weighted by Crippen LogP contribution is -2.30. The number of nitrogens with two attached hydrogens (primary N) is 1. The molecule has 5 heteroatoms. The molecule has 0 radical (unpaired) electrons. The van der Waals surface area contributed by atoms with Crippen LogP contribution in [0.2, 0.25) is 0 Å². The minimum absolute atomic E-state index is 0.134. The number of hydrogen-bond donors (Lipinski definition) is 1. The Morgan fingerprint density at radius 1 is 1.18 bits per heavy atom. The Morgan fingerprint density at radius 3 is 2.68 bits per heavy atom. The van der Waals surface area contributed by atoms with Crippen LogP contribution in [0.15, 0.2) is 18.2 Å². The van der Waals surface area contributed by atoms with Crippen molar-refractivity contribution in [1.29, 1.82) is 0 Å². The zero-order chi connectivity index (χ0) is 15.4. The molecule has 116 valence electrons. The first kappa shape index (κ1) is 13.9. The van der Waals surface area contributed by atoms with Crippen LogP contribution >= 0.6 is 0 Å². The van der Waals surface area contributed by atoms with Crippen molar-refractivity contribution in [1.82, 2.24) is 4.98 Å². The summed E-state index contributed by atoms with van der Waals surface area (Å²) in [5.74, 6) is 0.0333. The smallest absolute Gasteiger partial charge is 0.152 e. The van der Waals surface area contributed by atoms with Crippen LogP contribution in [-0.4, -0.2) is 24.1 Å². The van der Waals surface area contributed by atoms with E-state index in [-0.39, 0.29) is 11.6 Å². The molecular weight excluding hydrogens is 284 g/mol. The molecule has 2 aliphatic rings. The van der Waals surface area contributed by atoms with Crippen LogP contribution < -0.4 is 10.6 Å². The summed E-state index contributed by atoms with van der Waals surface area (Å²) in [6.07, 6.45) is 2.51. The summed E-state index contributed by atoms with van der Waals surface area (Å²) < 4.78 is 27.7. The SMILES string of the molecule is Cc1cc(N2C[C@@H](N)[C@H](C3CC3)C2)c2cc(F)cc(F)c2n1. The van der Waals surface area contributed by atoms with E-state index in [4.69, 9.17) is 5.73 Å². The fourth-order valence-electron chi connectivity index (χ4n) is 3.69. The van der Waals surface area contributed by atoms with E-state index < -0.39 is 11.6 Å². The summed E-state index contributed by atoms with van der Waals surface area (Å²) in [6.45, 7) is 3.43. The number of fused-ring (bicyclic) bond motifs is 1. The van der Waals surface area contributed by atoms with Crippen LogP contribution in [0, 0.1) is 30.4 Å². The molecule has 1 saturated carbocycles. The molecule has 2 aromatic rings. The van der Waals surface area contributed by atoms with E-state index in [0.717, 1.165) is 36.5 Å². The zero-order valence-corrected chi connectivity index (χ0v) is 12.5. The largest absolute Gasteiger partial charge is 0.369 e. The second-order valence-electron chi connectivity index (χ2n) is 6.64. The zero-order valence-electron chi connectivity index (χ0n) is 12.5. The molecule has 4 rings (SSSR count). The van der Waals surface area contributed by atoms with E-state index in [9.17, 15) is 8.78 Å². The lowest BCUT2D eigenvalue weighted by molar-refractivity contribution is 0.456. The second kappa shape index (κ2) is 4.88. The van der Waals surface area contributed by atoms with Gasteiger partial charge in [-0.15, -0.1) is 0 Å². The lowest BCUT2D eigenvalue weighted by atomic mass is 9.99. The molecule has 2 fully saturated rings. The van der Waals surface area contributed by atoms with Crippen molar-refractivity contribution in [2.75, 3.05) is 18.0 Å². The molecule has 2 atom stereocenters. The van der Waals surface area contributed by atoms with Crippen molar-refractivity contribution in [2.45, 2.75) is 25.8 Å². The standard InChI is InChI=1S/C17H19F2N3/c1-9-4-16(12-5-11(18)6-14(19)17(12)21-9)22-7-13(10-2-3-10)15(20)8-22/h4-6,10,13,15H,2-3,7-8,20H2,1H3/t13-,15+/m0/s1. The average molecular weight is 303 g/mol. The molecule has 22 heavy (non-hydrogen) atoms. The van der Waals surface area contributed by atoms with Gasteiger partial charge in [0.25, 0.3) is 0 Å². The first-order valence-corrected chi connectivity index (χ1v) is 7.80. The summed E-state index contributed by atoms with van der Waals surface area (Å²) in [5, 5.41) is 0.534. The van der Waals surface area contributed by atoms with Gasteiger partial charge < -0.3 is 10.6 Å². The predicted octanol–water partition coefficient (Wildman–Crippen LogP) is 2.99. The molecule has 2 heterocycles. The van der Waals surface area contributed by atoms with E-state index in [1.807, 2.05) is 13.0 Å². The Bertz CT molecular complexity index is 742. The summed E-state index contributed by atoms with van der Waals surface area (Å²) in [4.78, 5) is 6.40. The highest BCUT2D eigenvalue weighted by Crippen LogP contribution is 2.42. The topological polar surface area (TPSA) is 42.1 Å². The third-order valence-electron chi connectivity index (χ3n) is 4.92. The van der Waals surface area contributed by atoms with E-state index in [1.165, 1.54) is 18.9 Å². The monoisotopic (exact) mass is 303 g/mol. The van der Waals surface area contributed by atoms with E-state index >= 15 is 0 Å². The van der Waals surface area contributed by atoms with Crippen molar-refractivity contribution in [2.24, 2.45) is 17.6 Å². The third-order valence-corrected chi connectivity index (χ3v) is 4.92. The predicted molar refractivity (Wildman–Crippen MR) is 82.8 cm³/mol. The normalized spacial score (nSPS) is 25.2. The van der Waals surface area contributed by atoms with Crippen molar-refractivity contribution >= 4 is 16.6 Å². The van der Waals surface area contributed by atoms with Gasteiger partial charge in [-0.3, -0.25) is 0 Å². The molecule has 2 N–H and O–H groups in total. The molecule has 1 saturated heterocycles. The summed E-state index contributed by atoms with van der Waals surface area (Å²) in [5.41, 5.74) is 8.10. The molecule has 1 aliphatic heterocycles. The van der Waals surface area contributed by atoms with Gasteiger partial charge >= 0.3 is 0 Å². The lowest BCUT2D eigenvalue weighted by Gasteiger charge is -2.21. The number of rotatable bonds is 2. The van der Waals surface area contributed by atoms with Gasteiger partial charge in [0.15, 0.2) is 5.82 Å². The summed E-state index contributed by atoms with van der Waals surface area (Å²) in [7, 11) is 0. The van der Waals surface area contributed by atoms with Gasteiger partial charge in [-0.2, -0.15) is 0 Å². The molecule has 1 aromatic heterocycles. The number of anilines is 1. The highest BCUT2D eigenvalue weighted by molar-refractivity contribution is 5.92. The number of hydrogen-bond acceptors (Lipinski definition) is 3. The molecule has 0 amide bonds. The number of nitrogens with zero attached hydrogens (tertiary/aromatic N) is 2. The molecule has 0 unspecified atom stereocenters. The Balaban J connectivity index is 1.81. The van der Waals surface area contributed by atoms with Crippen LogP contribution in [-0.2, 0) is 0 Å². The van der Waals surface area contributed by atoms with Crippen LogP contribution in [0.5, 0.6) is 0 Å². The molecule has 1 aliphatic carbocycles. The Morgan fingerprint density at radius 2 is 1.95 bits per heavy atom. The highest BCUT2D eigenvalue weighted by atomic mass is 19.1. The van der Waals surface area contributed by atoms with Gasteiger partial charge in [0.05, 0.1) is 0 Å². The van der Waals surface area contributed by atoms with Gasteiger partial charge in [-0.25, -0.2) is 13.8 Å². The first-order valence-electron chi connectivity index (χ1n) is 7.80. The fraction of sp³-hybridized carbons (Fsp3) is 0.471. The summed E-state index contributed by atoms with van der Waals surface area (Å²) in [6, 6.07) is 4.30. The molecule has 0 spiro atoms. The minimum atomic E-state index is -0.609.